The zero-order valence-electron chi connectivity index (χ0n) is 16.3. The molecule has 2 amide bonds. The first-order valence-corrected chi connectivity index (χ1v) is 9.88. The normalized spacial score (nSPS) is 13.9. The van der Waals surface area contributed by atoms with Crippen LogP contribution in [0.4, 0.5) is 10.5 Å². The van der Waals surface area contributed by atoms with E-state index in [1.165, 1.54) is 31.5 Å². The van der Waals surface area contributed by atoms with Gasteiger partial charge in [-0.1, -0.05) is 24.3 Å². The Balaban J connectivity index is 1.56. The summed E-state index contributed by atoms with van der Waals surface area (Å²) < 4.78 is 4.84. The fourth-order valence-electron chi connectivity index (χ4n) is 3.49. The predicted molar refractivity (Wildman–Crippen MR) is 108 cm³/mol. The first kappa shape index (κ1) is 19.9. The largest absolute Gasteiger partial charge is 0.450 e. The first-order chi connectivity index (χ1) is 13.7. The summed E-state index contributed by atoms with van der Waals surface area (Å²) in [4.78, 5) is 25.5. The molecule has 1 heterocycles. The molecule has 0 unspecified atom stereocenters. The zero-order chi connectivity index (χ0) is 19.8. The Morgan fingerprint density at radius 1 is 1.00 bits per heavy atom. The van der Waals surface area contributed by atoms with Gasteiger partial charge >= 0.3 is 6.09 Å². The maximum absolute atomic E-state index is 12.5. The standard InChI is InChI=1S/C22H27N3O3/c1-2-28-22(27)24-20-11-9-17(10-12-20)21(26)23-15-18-7-3-4-8-19(18)16-25-13-5-6-14-25/h3-4,7-12H,2,5-6,13-16H2,1H3,(H,23,26)(H,24,27)/p+1. The van der Waals surface area contributed by atoms with Crippen molar-refractivity contribution >= 4 is 17.7 Å². The van der Waals surface area contributed by atoms with Crippen molar-refractivity contribution in [2.24, 2.45) is 0 Å². The van der Waals surface area contributed by atoms with Crippen LogP contribution in [0.5, 0.6) is 0 Å². The van der Waals surface area contributed by atoms with Gasteiger partial charge in [0.1, 0.15) is 6.54 Å². The topological polar surface area (TPSA) is 71.9 Å². The minimum absolute atomic E-state index is 0.133. The number of anilines is 1. The number of hydrogen-bond donors (Lipinski definition) is 3. The van der Waals surface area contributed by atoms with Gasteiger partial charge in [0.2, 0.25) is 0 Å². The number of rotatable bonds is 7. The molecule has 3 rings (SSSR count). The van der Waals surface area contributed by atoms with Gasteiger partial charge in [-0.05, 0) is 36.8 Å². The van der Waals surface area contributed by atoms with E-state index >= 15 is 0 Å². The molecule has 1 aliphatic heterocycles. The smallest absolute Gasteiger partial charge is 0.411 e. The quantitative estimate of drug-likeness (QED) is 0.688. The van der Waals surface area contributed by atoms with E-state index in [4.69, 9.17) is 4.74 Å². The molecule has 0 atom stereocenters. The van der Waals surface area contributed by atoms with Crippen LogP contribution >= 0.6 is 0 Å². The lowest BCUT2D eigenvalue weighted by Crippen LogP contribution is -3.08. The fourth-order valence-corrected chi connectivity index (χ4v) is 3.49. The molecule has 2 aromatic carbocycles. The molecule has 0 bridgehead atoms. The van der Waals surface area contributed by atoms with Gasteiger partial charge in [0.25, 0.3) is 5.91 Å². The summed E-state index contributed by atoms with van der Waals surface area (Å²) in [6.45, 7) is 6.04. The van der Waals surface area contributed by atoms with Gasteiger partial charge in [0.05, 0.1) is 19.7 Å². The van der Waals surface area contributed by atoms with Crippen molar-refractivity contribution in [3.63, 3.8) is 0 Å². The number of quaternary nitrogens is 1. The Labute approximate surface area is 165 Å². The molecule has 1 aliphatic rings. The number of hydrogen-bond acceptors (Lipinski definition) is 3. The Hall–Kier alpha value is -2.86. The van der Waals surface area contributed by atoms with Gasteiger partial charge in [-0.15, -0.1) is 0 Å². The molecule has 0 saturated carbocycles. The number of ether oxygens (including phenoxy) is 1. The van der Waals surface area contributed by atoms with Crippen LogP contribution in [0.15, 0.2) is 48.5 Å². The van der Waals surface area contributed by atoms with Crippen molar-refractivity contribution in [2.45, 2.75) is 32.9 Å². The number of carbonyl (C=O) groups excluding carboxylic acids is 2. The van der Waals surface area contributed by atoms with E-state index in [2.05, 4.69) is 28.8 Å². The minimum Gasteiger partial charge on any atom is -0.450 e. The SMILES string of the molecule is CCOC(=O)Nc1ccc(C(=O)NCc2ccccc2C[NH+]2CCCC2)cc1. The lowest BCUT2D eigenvalue weighted by molar-refractivity contribution is -0.901. The average Bonchev–Trinajstić information content (AvgIpc) is 3.21. The van der Waals surface area contributed by atoms with Crippen LogP contribution in [0.3, 0.4) is 0 Å². The average molecular weight is 382 g/mol. The van der Waals surface area contributed by atoms with Gasteiger partial charge in [-0.25, -0.2) is 4.79 Å². The maximum Gasteiger partial charge on any atom is 0.411 e. The fraction of sp³-hybridized carbons (Fsp3) is 0.364. The Morgan fingerprint density at radius 2 is 1.68 bits per heavy atom. The molecule has 6 nitrogen and oxygen atoms in total. The number of carbonyl (C=O) groups is 2. The molecule has 148 valence electrons. The van der Waals surface area contributed by atoms with Gasteiger partial charge in [-0.2, -0.15) is 0 Å². The summed E-state index contributed by atoms with van der Waals surface area (Å²) in [5.41, 5.74) is 3.61. The molecule has 0 radical (unpaired) electrons. The number of likely N-dealkylation sites (tertiary alicyclic amines) is 1. The van der Waals surface area contributed by atoms with Crippen molar-refractivity contribution in [1.82, 2.24) is 5.32 Å². The molecule has 2 aromatic rings. The van der Waals surface area contributed by atoms with E-state index in [0.717, 1.165) is 12.1 Å². The van der Waals surface area contributed by atoms with Crippen LogP contribution in [-0.4, -0.2) is 31.7 Å². The van der Waals surface area contributed by atoms with Crippen molar-refractivity contribution in [1.29, 1.82) is 0 Å². The van der Waals surface area contributed by atoms with E-state index in [0.29, 0.717) is 24.4 Å². The van der Waals surface area contributed by atoms with Gasteiger partial charge in [0, 0.05) is 36.2 Å². The number of amides is 2. The second kappa shape index (κ2) is 9.90. The van der Waals surface area contributed by atoms with E-state index in [9.17, 15) is 9.59 Å². The molecule has 3 N–H and O–H groups in total. The van der Waals surface area contributed by atoms with Crippen molar-refractivity contribution in [2.75, 3.05) is 25.0 Å². The van der Waals surface area contributed by atoms with E-state index in [1.54, 1.807) is 36.1 Å². The van der Waals surface area contributed by atoms with Crippen LogP contribution in [0.1, 0.15) is 41.3 Å². The lowest BCUT2D eigenvalue weighted by atomic mass is 10.1. The third kappa shape index (κ3) is 5.57. The van der Waals surface area contributed by atoms with Gasteiger partial charge in [0.15, 0.2) is 0 Å². The van der Waals surface area contributed by atoms with Crippen molar-refractivity contribution in [3.05, 3.63) is 65.2 Å². The number of benzene rings is 2. The third-order valence-corrected chi connectivity index (χ3v) is 4.98. The molecule has 0 spiro atoms. The predicted octanol–water partition coefficient (Wildman–Crippen LogP) is 2.36. The highest BCUT2D eigenvalue weighted by atomic mass is 16.5. The highest BCUT2D eigenvalue weighted by Crippen LogP contribution is 2.12. The molecule has 6 heteroatoms. The molecule has 28 heavy (non-hydrogen) atoms. The minimum atomic E-state index is -0.503. The Morgan fingerprint density at radius 3 is 2.36 bits per heavy atom. The zero-order valence-corrected chi connectivity index (χ0v) is 16.3. The summed E-state index contributed by atoms with van der Waals surface area (Å²) in [5, 5.41) is 5.61. The highest BCUT2D eigenvalue weighted by molar-refractivity contribution is 5.95. The van der Waals surface area contributed by atoms with Crippen molar-refractivity contribution < 1.29 is 19.2 Å². The van der Waals surface area contributed by atoms with Gasteiger partial charge < -0.3 is 15.0 Å². The molecule has 1 saturated heterocycles. The highest BCUT2D eigenvalue weighted by Gasteiger charge is 2.17. The van der Waals surface area contributed by atoms with Crippen LogP contribution in [0, 0.1) is 0 Å². The number of nitrogens with one attached hydrogen (secondary N) is 3. The second-order valence-corrected chi connectivity index (χ2v) is 7.01. The molecule has 0 aliphatic carbocycles. The summed E-state index contributed by atoms with van der Waals surface area (Å²) in [6.07, 6.45) is 2.10. The monoisotopic (exact) mass is 382 g/mol. The lowest BCUT2D eigenvalue weighted by Gasteiger charge is -2.15. The van der Waals surface area contributed by atoms with Gasteiger partial charge in [-0.3, -0.25) is 10.1 Å². The molecular formula is C22H28N3O3+. The second-order valence-electron chi connectivity index (χ2n) is 7.01. The molecule has 0 aromatic heterocycles. The van der Waals surface area contributed by atoms with E-state index in [-0.39, 0.29) is 5.91 Å². The summed E-state index contributed by atoms with van der Waals surface area (Å²) in [6, 6.07) is 15.1. The summed E-state index contributed by atoms with van der Waals surface area (Å²) >= 11 is 0. The molecule has 1 fully saturated rings. The summed E-state index contributed by atoms with van der Waals surface area (Å²) in [7, 11) is 0. The third-order valence-electron chi connectivity index (χ3n) is 4.98. The first-order valence-electron chi connectivity index (χ1n) is 9.88. The van der Waals surface area contributed by atoms with E-state index in [1.807, 2.05) is 6.07 Å². The Bertz CT molecular complexity index is 799. The summed E-state index contributed by atoms with van der Waals surface area (Å²) in [5.74, 6) is -0.133. The van der Waals surface area contributed by atoms with E-state index < -0.39 is 6.09 Å². The van der Waals surface area contributed by atoms with Crippen LogP contribution in [-0.2, 0) is 17.8 Å². The Kier molecular flexibility index (Phi) is 7.03. The van der Waals surface area contributed by atoms with Crippen LogP contribution < -0.4 is 15.5 Å². The van der Waals surface area contributed by atoms with Crippen LogP contribution in [0.25, 0.3) is 0 Å². The van der Waals surface area contributed by atoms with Crippen LogP contribution in [0.2, 0.25) is 0 Å². The van der Waals surface area contributed by atoms with Crippen molar-refractivity contribution in [3.8, 4) is 0 Å². The molecular weight excluding hydrogens is 354 g/mol. The maximum atomic E-state index is 12.5.